The van der Waals surface area contributed by atoms with Gasteiger partial charge in [0.15, 0.2) is 0 Å². The number of amides is 1. The minimum absolute atomic E-state index is 0.147. The molecule has 6 heteroatoms. The van der Waals surface area contributed by atoms with Crippen molar-refractivity contribution in [2.75, 3.05) is 13.2 Å². The molecule has 0 radical (unpaired) electrons. The van der Waals surface area contributed by atoms with Crippen LogP contribution in [0.1, 0.15) is 35.5 Å². The summed E-state index contributed by atoms with van der Waals surface area (Å²) in [6, 6.07) is 7.58. The molecule has 0 saturated heterocycles. The van der Waals surface area contributed by atoms with E-state index in [4.69, 9.17) is 4.74 Å². The van der Waals surface area contributed by atoms with Crippen LogP contribution in [0.15, 0.2) is 29.1 Å². The number of fused-ring (bicyclic) bond motifs is 3. The number of aromatic nitrogens is 1. The summed E-state index contributed by atoms with van der Waals surface area (Å²) >= 11 is 1.36. The lowest BCUT2D eigenvalue weighted by Gasteiger charge is -2.07. The molecule has 2 heterocycles. The summed E-state index contributed by atoms with van der Waals surface area (Å²) in [6.45, 7) is 7.15. The average Bonchev–Trinajstić information content (AvgIpc) is 3.01. The van der Waals surface area contributed by atoms with Crippen LogP contribution in [0.4, 0.5) is 0 Å². The van der Waals surface area contributed by atoms with Gasteiger partial charge in [-0.25, -0.2) is 0 Å². The predicted molar refractivity (Wildman–Crippen MR) is 103 cm³/mol. The molecule has 0 aliphatic rings. The van der Waals surface area contributed by atoms with E-state index >= 15 is 0 Å². The monoisotopic (exact) mass is 358 g/mol. The SMILES string of the molecule is Cc1ccc2[nH]c(=O)c3cc(C(=O)NCCCOC(C)C)sc3c2c1. The summed E-state index contributed by atoms with van der Waals surface area (Å²) < 4.78 is 6.32. The lowest BCUT2D eigenvalue weighted by molar-refractivity contribution is 0.0757. The molecule has 5 nitrogen and oxygen atoms in total. The molecule has 2 N–H and O–H groups in total. The highest BCUT2D eigenvalue weighted by molar-refractivity contribution is 7.21. The zero-order valence-corrected chi connectivity index (χ0v) is 15.5. The van der Waals surface area contributed by atoms with Gasteiger partial charge in [0, 0.05) is 28.8 Å². The number of aromatic amines is 1. The van der Waals surface area contributed by atoms with Crippen LogP contribution in [0.2, 0.25) is 0 Å². The number of carbonyl (C=O) groups is 1. The maximum Gasteiger partial charge on any atom is 0.261 e. The highest BCUT2D eigenvalue weighted by atomic mass is 32.1. The number of aryl methyl sites for hydroxylation is 1. The third-order valence-corrected chi connectivity index (χ3v) is 5.09. The summed E-state index contributed by atoms with van der Waals surface area (Å²) in [4.78, 5) is 28.1. The Hall–Kier alpha value is -2.18. The smallest absolute Gasteiger partial charge is 0.261 e. The van der Waals surface area contributed by atoms with E-state index < -0.39 is 0 Å². The fourth-order valence-corrected chi connectivity index (χ4v) is 3.80. The maximum atomic E-state index is 12.4. The van der Waals surface area contributed by atoms with Crippen LogP contribution in [-0.4, -0.2) is 30.1 Å². The molecule has 0 bridgehead atoms. The minimum atomic E-state index is -0.160. The first-order valence-electron chi connectivity index (χ1n) is 8.41. The van der Waals surface area contributed by atoms with E-state index in [1.807, 2.05) is 39.0 Å². The molecule has 132 valence electrons. The predicted octanol–water partition coefficient (Wildman–Crippen LogP) is 3.60. The van der Waals surface area contributed by atoms with Crippen LogP contribution in [0.3, 0.4) is 0 Å². The third kappa shape index (κ3) is 3.91. The number of pyridine rings is 1. The number of nitrogens with one attached hydrogen (secondary N) is 2. The number of thiophene rings is 1. The second-order valence-electron chi connectivity index (χ2n) is 6.39. The second-order valence-corrected chi connectivity index (χ2v) is 7.44. The number of rotatable bonds is 6. The zero-order valence-electron chi connectivity index (χ0n) is 14.6. The molecule has 3 rings (SSSR count). The molecule has 1 aromatic carbocycles. The Morgan fingerprint density at radius 1 is 1.28 bits per heavy atom. The molecule has 0 aliphatic carbocycles. The fourth-order valence-electron chi connectivity index (χ4n) is 2.70. The van der Waals surface area contributed by atoms with Crippen molar-refractivity contribution in [3.05, 3.63) is 45.1 Å². The Labute approximate surface area is 150 Å². The first-order chi connectivity index (χ1) is 12.0. The number of H-pyrrole nitrogens is 1. The highest BCUT2D eigenvalue weighted by Crippen LogP contribution is 2.30. The van der Waals surface area contributed by atoms with Gasteiger partial charge in [-0.3, -0.25) is 9.59 Å². The number of hydrogen-bond donors (Lipinski definition) is 2. The van der Waals surface area contributed by atoms with Gasteiger partial charge in [0.05, 0.1) is 16.4 Å². The first kappa shape index (κ1) is 17.6. The van der Waals surface area contributed by atoms with Gasteiger partial charge < -0.3 is 15.0 Å². The molecule has 0 saturated carbocycles. The normalized spacial score (nSPS) is 11.5. The van der Waals surface area contributed by atoms with Gasteiger partial charge in [0.2, 0.25) is 0 Å². The quantitative estimate of drug-likeness (QED) is 0.662. The summed E-state index contributed by atoms with van der Waals surface area (Å²) in [5, 5.41) is 4.43. The van der Waals surface area contributed by atoms with Gasteiger partial charge in [-0.2, -0.15) is 0 Å². The molecule has 0 atom stereocenters. The number of carbonyl (C=O) groups excluding carboxylic acids is 1. The fraction of sp³-hybridized carbons (Fsp3) is 0.368. The number of hydrogen-bond acceptors (Lipinski definition) is 4. The summed E-state index contributed by atoms with van der Waals surface area (Å²) in [5.41, 5.74) is 1.75. The lowest BCUT2D eigenvalue weighted by Crippen LogP contribution is -2.24. The zero-order chi connectivity index (χ0) is 18.0. The third-order valence-electron chi connectivity index (χ3n) is 3.93. The van der Waals surface area contributed by atoms with Gasteiger partial charge in [0.25, 0.3) is 11.5 Å². The van der Waals surface area contributed by atoms with Gasteiger partial charge in [0.1, 0.15) is 0 Å². The maximum absolute atomic E-state index is 12.4. The van der Waals surface area contributed by atoms with Crippen molar-refractivity contribution in [1.29, 1.82) is 0 Å². The molecular weight excluding hydrogens is 336 g/mol. The van der Waals surface area contributed by atoms with E-state index in [0.29, 0.717) is 23.4 Å². The van der Waals surface area contributed by atoms with Crippen molar-refractivity contribution in [1.82, 2.24) is 10.3 Å². The van der Waals surface area contributed by atoms with Crippen LogP contribution in [0, 0.1) is 6.92 Å². The van der Waals surface area contributed by atoms with Crippen molar-refractivity contribution >= 4 is 38.2 Å². The Morgan fingerprint density at radius 2 is 2.08 bits per heavy atom. The second kappa shape index (κ2) is 7.37. The van der Waals surface area contributed by atoms with E-state index in [2.05, 4.69) is 10.3 Å². The Morgan fingerprint density at radius 3 is 2.84 bits per heavy atom. The van der Waals surface area contributed by atoms with Crippen LogP contribution >= 0.6 is 11.3 Å². The van der Waals surface area contributed by atoms with E-state index in [1.165, 1.54) is 11.3 Å². The van der Waals surface area contributed by atoms with Crippen molar-refractivity contribution in [2.24, 2.45) is 0 Å². The van der Waals surface area contributed by atoms with Gasteiger partial charge >= 0.3 is 0 Å². The Kier molecular flexibility index (Phi) is 5.20. The van der Waals surface area contributed by atoms with Crippen LogP contribution in [0.25, 0.3) is 21.0 Å². The van der Waals surface area contributed by atoms with E-state index in [1.54, 1.807) is 6.07 Å². The summed E-state index contributed by atoms with van der Waals surface area (Å²) in [7, 11) is 0. The van der Waals surface area contributed by atoms with E-state index in [9.17, 15) is 9.59 Å². The molecule has 0 fully saturated rings. The average molecular weight is 358 g/mol. The molecule has 0 aliphatic heterocycles. The van der Waals surface area contributed by atoms with Crippen molar-refractivity contribution in [3.8, 4) is 0 Å². The molecule has 1 amide bonds. The largest absolute Gasteiger partial charge is 0.379 e. The topological polar surface area (TPSA) is 71.2 Å². The van der Waals surface area contributed by atoms with Crippen molar-refractivity contribution < 1.29 is 9.53 Å². The molecule has 0 spiro atoms. The van der Waals surface area contributed by atoms with Crippen molar-refractivity contribution in [2.45, 2.75) is 33.3 Å². The molecule has 25 heavy (non-hydrogen) atoms. The van der Waals surface area contributed by atoms with E-state index in [0.717, 1.165) is 27.6 Å². The van der Waals surface area contributed by atoms with Crippen LogP contribution < -0.4 is 10.9 Å². The molecule has 0 unspecified atom stereocenters. The first-order valence-corrected chi connectivity index (χ1v) is 9.23. The molecular formula is C19H22N2O3S. The van der Waals surface area contributed by atoms with Crippen LogP contribution in [0.5, 0.6) is 0 Å². The number of benzene rings is 1. The molecule has 3 aromatic rings. The van der Waals surface area contributed by atoms with E-state index in [-0.39, 0.29) is 17.6 Å². The van der Waals surface area contributed by atoms with Gasteiger partial charge in [-0.05, 0) is 45.4 Å². The minimum Gasteiger partial charge on any atom is -0.379 e. The van der Waals surface area contributed by atoms with Gasteiger partial charge in [-0.1, -0.05) is 11.6 Å². The highest BCUT2D eigenvalue weighted by Gasteiger charge is 2.14. The lowest BCUT2D eigenvalue weighted by atomic mass is 10.1. The Balaban J connectivity index is 1.82. The number of ether oxygens (including phenoxy) is 1. The van der Waals surface area contributed by atoms with Crippen LogP contribution in [-0.2, 0) is 4.74 Å². The standard InChI is InChI=1S/C19H22N2O3S/c1-11(2)24-8-4-7-20-19(23)16-10-14-17(25-16)13-9-12(3)5-6-15(13)21-18(14)22/h5-6,9-11H,4,7-8H2,1-3H3,(H,20,23)(H,21,22). The Bertz CT molecular complexity index is 972. The summed E-state index contributed by atoms with van der Waals surface area (Å²) in [6.07, 6.45) is 0.958. The summed E-state index contributed by atoms with van der Waals surface area (Å²) in [5.74, 6) is -0.147. The van der Waals surface area contributed by atoms with Gasteiger partial charge in [-0.15, -0.1) is 11.3 Å². The van der Waals surface area contributed by atoms with Crippen molar-refractivity contribution in [3.63, 3.8) is 0 Å². The molecule has 2 aromatic heterocycles.